The molecule has 1 N–H and O–H groups in total. The lowest BCUT2D eigenvalue weighted by Gasteiger charge is -2.17. The lowest BCUT2D eigenvalue weighted by atomic mass is 10.2. The van der Waals surface area contributed by atoms with Crippen molar-refractivity contribution in [2.24, 2.45) is 11.8 Å². The summed E-state index contributed by atoms with van der Waals surface area (Å²) in [7, 11) is 3.40. The smallest absolute Gasteiger partial charge is 0.226 e. The third-order valence-corrected chi connectivity index (χ3v) is 4.73. The van der Waals surface area contributed by atoms with Gasteiger partial charge in [-0.05, 0) is 18.1 Å². The Hall–Kier alpha value is -2.82. The number of carbonyl (C=O) groups is 2. The molecule has 3 rings (SSSR count). The zero-order chi connectivity index (χ0) is 18.5. The van der Waals surface area contributed by atoms with E-state index in [-0.39, 0.29) is 23.7 Å². The number of para-hydroxylation sites is 1. The number of carbonyl (C=O) groups excluding carboxylic acids is 2. The van der Waals surface area contributed by atoms with Crippen molar-refractivity contribution < 1.29 is 14.3 Å². The Kier molecular flexibility index (Phi) is 5.56. The van der Waals surface area contributed by atoms with E-state index in [0.717, 1.165) is 16.9 Å². The highest BCUT2D eigenvalue weighted by Crippen LogP contribution is 2.40. The van der Waals surface area contributed by atoms with Gasteiger partial charge >= 0.3 is 0 Å². The summed E-state index contributed by atoms with van der Waals surface area (Å²) in [6.45, 7) is 0.964. The molecule has 0 heterocycles. The van der Waals surface area contributed by atoms with Gasteiger partial charge in [-0.25, -0.2) is 0 Å². The van der Waals surface area contributed by atoms with Crippen molar-refractivity contribution >= 4 is 11.8 Å². The SMILES string of the molecule is COc1ccccc1CNC(=O)C1CC1C(=O)N(C)Cc1ccccc1. The Labute approximate surface area is 154 Å². The molecule has 1 fully saturated rings. The Bertz CT molecular complexity index is 776. The van der Waals surface area contributed by atoms with Crippen LogP contribution < -0.4 is 10.1 Å². The fourth-order valence-corrected chi connectivity index (χ4v) is 3.14. The highest BCUT2D eigenvalue weighted by atomic mass is 16.5. The van der Waals surface area contributed by atoms with E-state index in [2.05, 4.69) is 5.32 Å². The Morgan fingerprint density at radius 3 is 2.50 bits per heavy atom. The summed E-state index contributed by atoms with van der Waals surface area (Å²) < 4.78 is 5.29. The number of rotatable bonds is 7. The number of hydrogen-bond acceptors (Lipinski definition) is 3. The van der Waals surface area contributed by atoms with E-state index in [1.165, 1.54) is 0 Å². The summed E-state index contributed by atoms with van der Waals surface area (Å²) in [6, 6.07) is 17.4. The molecule has 0 aliphatic heterocycles. The molecule has 0 aromatic heterocycles. The van der Waals surface area contributed by atoms with Gasteiger partial charge in [-0.15, -0.1) is 0 Å². The van der Waals surface area contributed by atoms with Crippen molar-refractivity contribution in [2.75, 3.05) is 14.2 Å². The van der Waals surface area contributed by atoms with E-state index in [1.807, 2.05) is 54.6 Å². The first-order valence-corrected chi connectivity index (χ1v) is 8.78. The predicted octanol–water partition coefficient (Wildman–Crippen LogP) is 2.61. The molecule has 5 nitrogen and oxygen atoms in total. The van der Waals surface area contributed by atoms with Crippen LogP contribution in [0.15, 0.2) is 54.6 Å². The van der Waals surface area contributed by atoms with Crippen LogP contribution in [-0.2, 0) is 22.7 Å². The molecule has 0 radical (unpaired) electrons. The summed E-state index contributed by atoms with van der Waals surface area (Å²) in [6.07, 6.45) is 0.621. The van der Waals surface area contributed by atoms with Crippen molar-refractivity contribution in [3.05, 3.63) is 65.7 Å². The van der Waals surface area contributed by atoms with Crippen molar-refractivity contribution in [1.82, 2.24) is 10.2 Å². The zero-order valence-corrected chi connectivity index (χ0v) is 15.1. The largest absolute Gasteiger partial charge is 0.496 e. The molecule has 2 atom stereocenters. The molecule has 1 aliphatic carbocycles. The van der Waals surface area contributed by atoms with Crippen LogP contribution in [0.4, 0.5) is 0 Å². The molecule has 5 heteroatoms. The van der Waals surface area contributed by atoms with Gasteiger partial charge in [-0.1, -0.05) is 48.5 Å². The van der Waals surface area contributed by atoms with E-state index in [4.69, 9.17) is 4.74 Å². The van der Waals surface area contributed by atoms with Crippen molar-refractivity contribution in [3.63, 3.8) is 0 Å². The maximum absolute atomic E-state index is 12.5. The minimum absolute atomic E-state index is 0.0336. The standard InChI is InChI=1S/C21H24N2O3/c1-23(14-15-8-4-3-5-9-15)21(25)18-12-17(18)20(24)22-13-16-10-6-7-11-19(16)26-2/h3-11,17-18H,12-14H2,1-2H3,(H,22,24). The molecule has 0 bridgehead atoms. The van der Waals surface area contributed by atoms with Gasteiger partial charge in [0, 0.05) is 25.7 Å². The molecule has 1 aliphatic rings. The first-order chi connectivity index (χ1) is 12.6. The number of nitrogens with zero attached hydrogens (tertiary/aromatic N) is 1. The maximum Gasteiger partial charge on any atom is 0.226 e. The number of ether oxygens (including phenoxy) is 1. The van der Waals surface area contributed by atoms with Crippen molar-refractivity contribution in [2.45, 2.75) is 19.5 Å². The van der Waals surface area contributed by atoms with Crippen LogP contribution in [0.1, 0.15) is 17.5 Å². The van der Waals surface area contributed by atoms with Crippen molar-refractivity contribution in [1.29, 1.82) is 0 Å². The zero-order valence-electron chi connectivity index (χ0n) is 15.1. The molecule has 26 heavy (non-hydrogen) atoms. The lowest BCUT2D eigenvalue weighted by Crippen LogP contribution is -2.31. The molecule has 0 saturated heterocycles. The van der Waals surface area contributed by atoms with E-state index in [1.54, 1.807) is 19.1 Å². The minimum Gasteiger partial charge on any atom is -0.496 e. The molecule has 1 saturated carbocycles. The number of benzene rings is 2. The number of hydrogen-bond donors (Lipinski definition) is 1. The first kappa shape index (κ1) is 18.0. The van der Waals surface area contributed by atoms with Gasteiger partial charge in [0.2, 0.25) is 11.8 Å². The third kappa shape index (κ3) is 4.23. The minimum atomic E-state index is -0.226. The molecule has 0 spiro atoms. The van der Waals surface area contributed by atoms with Crippen LogP contribution in [0.5, 0.6) is 5.75 Å². The van der Waals surface area contributed by atoms with E-state index < -0.39 is 0 Å². The van der Waals surface area contributed by atoms with Crippen molar-refractivity contribution in [3.8, 4) is 5.75 Å². The molecule has 2 unspecified atom stereocenters. The van der Waals surface area contributed by atoms with Crippen LogP contribution >= 0.6 is 0 Å². The normalized spacial score (nSPS) is 18.1. The summed E-state index contributed by atoms with van der Waals surface area (Å²) in [4.78, 5) is 26.6. The van der Waals surface area contributed by atoms with Gasteiger partial charge in [0.1, 0.15) is 5.75 Å². The molecular weight excluding hydrogens is 328 g/mol. The molecule has 2 aromatic rings. The Morgan fingerprint density at radius 1 is 1.08 bits per heavy atom. The molecule has 2 aromatic carbocycles. The van der Waals surface area contributed by atoms with E-state index in [9.17, 15) is 9.59 Å². The highest BCUT2D eigenvalue weighted by molar-refractivity contribution is 5.92. The average Bonchev–Trinajstić information content (AvgIpc) is 3.47. The molecular formula is C21H24N2O3. The Morgan fingerprint density at radius 2 is 1.77 bits per heavy atom. The predicted molar refractivity (Wildman–Crippen MR) is 99.4 cm³/mol. The number of amides is 2. The van der Waals surface area contributed by atoms with Gasteiger partial charge < -0.3 is 15.0 Å². The molecule has 136 valence electrons. The quantitative estimate of drug-likeness (QED) is 0.833. The van der Waals surface area contributed by atoms with Gasteiger partial charge in [0.05, 0.1) is 18.9 Å². The second-order valence-electron chi connectivity index (χ2n) is 6.66. The maximum atomic E-state index is 12.5. The third-order valence-electron chi connectivity index (χ3n) is 4.73. The second-order valence-corrected chi connectivity index (χ2v) is 6.66. The van der Waals surface area contributed by atoms with Gasteiger partial charge in [-0.3, -0.25) is 9.59 Å². The summed E-state index contributed by atoms with van der Waals surface area (Å²) in [5.41, 5.74) is 2.01. The highest BCUT2D eigenvalue weighted by Gasteiger charge is 2.48. The van der Waals surface area contributed by atoms with Gasteiger partial charge in [0.15, 0.2) is 0 Å². The number of methoxy groups -OCH3 is 1. The summed E-state index contributed by atoms with van der Waals surface area (Å²) in [5, 5.41) is 2.92. The monoisotopic (exact) mass is 352 g/mol. The van der Waals surface area contributed by atoms with Crippen LogP contribution in [0.3, 0.4) is 0 Å². The van der Waals surface area contributed by atoms with E-state index in [0.29, 0.717) is 19.5 Å². The Balaban J connectivity index is 1.49. The van der Waals surface area contributed by atoms with Crippen LogP contribution in [-0.4, -0.2) is 30.9 Å². The average molecular weight is 352 g/mol. The fraction of sp³-hybridized carbons (Fsp3) is 0.333. The molecule has 2 amide bonds. The fourth-order valence-electron chi connectivity index (χ4n) is 3.14. The first-order valence-electron chi connectivity index (χ1n) is 8.78. The number of nitrogens with one attached hydrogen (secondary N) is 1. The van der Waals surface area contributed by atoms with Crippen LogP contribution in [0, 0.1) is 11.8 Å². The summed E-state index contributed by atoms with van der Waals surface area (Å²) >= 11 is 0. The van der Waals surface area contributed by atoms with Gasteiger partial charge in [-0.2, -0.15) is 0 Å². The second kappa shape index (κ2) is 8.04. The van der Waals surface area contributed by atoms with Crippen LogP contribution in [0.25, 0.3) is 0 Å². The van der Waals surface area contributed by atoms with Gasteiger partial charge in [0.25, 0.3) is 0 Å². The van der Waals surface area contributed by atoms with Crippen LogP contribution in [0.2, 0.25) is 0 Å². The summed E-state index contributed by atoms with van der Waals surface area (Å²) in [5.74, 6) is 0.282. The van der Waals surface area contributed by atoms with E-state index >= 15 is 0 Å². The topological polar surface area (TPSA) is 58.6 Å². The lowest BCUT2D eigenvalue weighted by molar-refractivity contribution is -0.134.